The van der Waals surface area contributed by atoms with Gasteiger partial charge in [-0.1, -0.05) is 40.2 Å². The number of cyclic esters (lactones) is 1. The van der Waals surface area contributed by atoms with E-state index in [9.17, 15) is 4.79 Å². The van der Waals surface area contributed by atoms with Crippen LogP contribution >= 0.6 is 15.9 Å². The molecule has 23 heavy (non-hydrogen) atoms. The smallest absolute Gasteiger partial charge is 0.339 e. The zero-order valence-electron chi connectivity index (χ0n) is 12.1. The third-order valence-corrected chi connectivity index (χ3v) is 3.97. The largest absolute Gasteiger partial charge is 0.423 e. The normalized spacial score (nSPS) is 15.2. The standard InChI is InChI=1S/C19H12BrNO2/c20-17-7-5-13(6-8-17)9-16-11-18(23-19(16)22)10-14-1-3-15(12-21)4-2-14/h1-8,10-11H,9H2/b18-10+. The maximum Gasteiger partial charge on any atom is 0.339 e. The highest BCUT2D eigenvalue weighted by Crippen LogP contribution is 2.23. The molecule has 0 aromatic heterocycles. The van der Waals surface area contributed by atoms with E-state index >= 15 is 0 Å². The molecule has 3 nitrogen and oxygen atoms in total. The molecule has 0 bridgehead atoms. The monoisotopic (exact) mass is 365 g/mol. The third-order valence-electron chi connectivity index (χ3n) is 3.45. The SMILES string of the molecule is N#Cc1ccc(/C=C2\C=C(Cc3ccc(Br)cc3)C(=O)O2)cc1. The third kappa shape index (κ3) is 3.77. The van der Waals surface area contributed by atoms with Crippen LogP contribution in [-0.2, 0) is 16.0 Å². The average Bonchev–Trinajstić information content (AvgIpc) is 2.90. The number of nitriles is 1. The molecule has 0 amide bonds. The fraction of sp³-hybridized carbons (Fsp3) is 0.0526. The molecule has 0 unspecified atom stereocenters. The van der Waals surface area contributed by atoms with Crippen molar-refractivity contribution in [1.82, 2.24) is 0 Å². The van der Waals surface area contributed by atoms with Gasteiger partial charge in [0.15, 0.2) is 0 Å². The molecule has 0 spiro atoms. The number of carbonyl (C=O) groups is 1. The Morgan fingerprint density at radius 1 is 1.09 bits per heavy atom. The summed E-state index contributed by atoms with van der Waals surface area (Å²) in [4.78, 5) is 12.0. The molecule has 0 atom stereocenters. The van der Waals surface area contributed by atoms with Crippen molar-refractivity contribution in [2.75, 3.05) is 0 Å². The molecule has 0 radical (unpaired) electrons. The van der Waals surface area contributed by atoms with Gasteiger partial charge in [-0.15, -0.1) is 0 Å². The molecular formula is C19H12BrNO2. The topological polar surface area (TPSA) is 50.1 Å². The van der Waals surface area contributed by atoms with E-state index in [1.165, 1.54) is 0 Å². The summed E-state index contributed by atoms with van der Waals surface area (Å²) in [7, 11) is 0. The van der Waals surface area contributed by atoms with Gasteiger partial charge in [0.05, 0.1) is 11.6 Å². The van der Waals surface area contributed by atoms with Crippen LogP contribution in [0.5, 0.6) is 0 Å². The van der Waals surface area contributed by atoms with E-state index in [4.69, 9.17) is 10.00 Å². The van der Waals surface area contributed by atoms with Gasteiger partial charge >= 0.3 is 5.97 Å². The molecule has 112 valence electrons. The zero-order valence-corrected chi connectivity index (χ0v) is 13.7. The molecule has 1 aliphatic heterocycles. The van der Waals surface area contributed by atoms with Gasteiger partial charge < -0.3 is 4.74 Å². The first kappa shape index (κ1) is 15.3. The molecular weight excluding hydrogens is 354 g/mol. The number of ether oxygens (including phenoxy) is 1. The Hall–Kier alpha value is -2.64. The first-order valence-electron chi connectivity index (χ1n) is 7.03. The highest BCUT2D eigenvalue weighted by atomic mass is 79.9. The lowest BCUT2D eigenvalue weighted by atomic mass is 10.1. The molecule has 1 aliphatic rings. The Morgan fingerprint density at radius 3 is 2.43 bits per heavy atom. The van der Waals surface area contributed by atoms with Crippen LogP contribution in [0, 0.1) is 11.3 Å². The van der Waals surface area contributed by atoms with Gasteiger partial charge in [0.1, 0.15) is 5.76 Å². The summed E-state index contributed by atoms with van der Waals surface area (Å²) in [6.07, 6.45) is 4.09. The zero-order chi connectivity index (χ0) is 16.2. The fourth-order valence-corrected chi connectivity index (χ4v) is 2.53. The van der Waals surface area contributed by atoms with Crippen LogP contribution < -0.4 is 0 Å². The summed E-state index contributed by atoms with van der Waals surface area (Å²) in [6, 6.07) is 17.0. The van der Waals surface area contributed by atoms with E-state index < -0.39 is 0 Å². The predicted molar refractivity (Wildman–Crippen MR) is 91.2 cm³/mol. The summed E-state index contributed by atoms with van der Waals surface area (Å²) in [5, 5.41) is 8.79. The number of rotatable bonds is 3. The molecule has 4 heteroatoms. The number of hydrogen-bond acceptors (Lipinski definition) is 3. The Bertz CT molecular complexity index is 840. The Kier molecular flexibility index (Phi) is 4.40. The molecule has 2 aromatic carbocycles. The predicted octanol–water partition coefficient (Wildman–Crippen LogP) is 4.39. The van der Waals surface area contributed by atoms with Gasteiger partial charge in [-0.3, -0.25) is 0 Å². The van der Waals surface area contributed by atoms with E-state index in [-0.39, 0.29) is 5.97 Å². The molecule has 0 saturated heterocycles. The molecule has 2 aromatic rings. The van der Waals surface area contributed by atoms with Crippen molar-refractivity contribution in [2.24, 2.45) is 0 Å². The van der Waals surface area contributed by atoms with Crippen molar-refractivity contribution in [1.29, 1.82) is 5.26 Å². The number of hydrogen-bond donors (Lipinski definition) is 0. The molecule has 3 rings (SSSR count). The van der Waals surface area contributed by atoms with E-state index in [0.717, 1.165) is 15.6 Å². The van der Waals surface area contributed by atoms with E-state index in [1.54, 1.807) is 24.3 Å². The lowest BCUT2D eigenvalue weighted by Gasteiger charge is -2.00. The van der Waals surface area contributed by atoms with Crippen molar-refractivity contribution in [3.63, 3.8) is 0 Å². The Morgan fingerprint density at radius 2 is 1.78 bits per heavy atom. The number of carbonyl (C=O) groups excluding carboxylic acids is 1. The van der Waals surface area contributed by atoms with Gasteiger partial charge in [-0.2, -0.15) is 5.26 Å². The minimum absolute atomic E-state index is 0.312. The van der Waals surface area contributed by atoms with Gasteiger partial charge in [0, 0.05) is 16.5 Å². The maximum atomic E-state index is 12.0. The van der Waals surface area contributed by atoms with Crippen molar-refractivity contribution >= 4 is 28.0 Å². The van der Waals surface area contributed by atoms with Crippen LogP contribution in [0.2, 0.25) is 0 Å². The average molecular weight is 366 g/mol. The second-order valence-corrected chi connectivity index (χ2v) is 6.06. The Balaban J connectivity index is 1.78. The lowest BCUT2D eigenvalue weighted by molar-refractivity contribution is -0.133. The molecule has 0 aliphatic carbocycles. The summed E-state index contributed by atoms with van der Waals surface area (Å²) in [5.74, 6) is 0.208. The minimum Gasteiger partial charge on any atom is -0.423 e. The van der Waals surface area contributed by atoms with Gasteiger partial charge in [0.2, 0.25) is 0 Å². The number of halogens is 1. The maximum absolute atomic E-state index is 12.0. The molecule has 0 saturated carbocycles. The lowest BCUT2D eigenvalue weighted by Crippen LogP contribution is -2.01. The second-order valence-electron chi connectivity index (χ2n) is 5.14. The first-order chi connectivity index (χ1) is 11.1. The summed E-state index contributed by atoms with van der Waals surface area (Å²) in [6.45, 7) is 0. The minimum atomic E-state index is -0.312. The molecule has 1 heterocycles. The van der Waals surface area contributed by atoms with Crippen LogP contribution in [0.25, 0.3) is 6.08 Å². The first-order valence-corrected chi connectivity index (χ1v) is 7.82. The van der Waals surface area contributed by atoms with E-state index in [0.29, 0.717) is 23.3 Å². The van der Waals surface area contributed by atoms with Crippen molar-refractivity contribution in [3.8, 4) is 6.07 Å². The highest BCUT2D eigenvalue weighted by molar-refractivity contribution is 9.10. The van der Waals surface area contributed by atoms with Crippen LogP contribution in [-0.4, -0.2) is 5.97 Å². The van der Waals surface area contributed by atoms with E-state index in [2.05, 4.69) is 22.0 Å². The summed E-state index contributed by atoms with van der Waals surface area (Å²) >= 11 is 3.39. The van der Waals surface area contributed by atoms with Crippen molar-refractivity contribution < 1.29 is 9.53 Å². The summed E-state index contributed by atoms with van der Waals surface area (Å²) < 4.78 is 6.29. The van der Waals surface area contributed by atoms with Crippen molar-refractivity contribution in [2.45, 2.75) is 6.42 Å². The molecule has 0 N–H and O–H groups in total. The van der Waals surface area contributed by atoms with Crippen LogP contribution in [0.3, 0.4) is 0 Å². The molecule has 0 fully saturated rings. The van der Waals surface area contributed by atoms with Gasteiger partial charge in [-0.25, -0.2) is 4.79 Å². The highest BCUT2D eigenvalue weighted by Gasteiger charge is 2.21. The van der Waals surface area contributed by atoms with Crippen LogP contribution in [0.4, 0.5) is 0 Å². The summed E-state index contributed by atoms with van der Waals surface area (Å²) in [5.41, 5.74) is 3.17. The Labute approximate surface area is 142 Å². The van der Waals surface area contributed by atoms with Crippen molar-refractivity contribution in [3.05, 3.63) is 87.1 Å². The number of benzene rings is 2. The van der Waals surface area contributed by atoms with Crippen LogP contribution in [0.1, 0.15) is 16.7 Å². The van der Waals surface area contributed by atoms with Crippen LogP contribution in [0.15, 0.2) is 70.4 Å². The van der Waals surface area contributed by atoms with Gasteiger partial charge in [-0.05, 0) is 47.5 Å². The quantitative estimate of drug-likeness (QED) is 0.758. The second kappa shape index (κ2) is 6.64. The number of nitrogens with zero attached hydrogens (tertiary/aromatic N) is 1. The number of esters is 1. The number of allylic oxidation sites excluding steroid dienone is 1. The fourth-order valence-electron chi connectivity index (χ4n) is 2.27. The van der Waals surface area contributed by atoms with E-state index in [1.807, 2.05) is 36.4 Å². The van der Waals surface area contributed by atoms with Gasteiger partial charge in [0.25, 0.3) is 0 Å².